The van der Waals surface area contributed by atoms with E-state index in [0.29, 0.717) is 24.6 Å². The van der Waals surface area contributed by atoms with Crippen molar-refractivity contribution >= 4 is 40.1 Å². The highest BCUT2D eigenvalue weighted by molar-refractivity contribution is 6.30. The molecule has 1 aliphatic rings. The highest BCUT2D eigenvalue weighted by atomic mass is 35.5. The summed E-state index contributed by atoms with van der Waals surface area (Å²) in [4.78, 5) is 31.9. The second-order valence-electron chi connectivity index (χ2n) is 6.48. The van der Waals surface area contributed by atoms with Gasteiger partial charge in [0.15, 0.2) is 11.5 Å². The zero-order chi connectivity index (χ0) is 18.8. The van der Waals surface area contributed by atoms with E-state index in [2.05, 4.69) is 26.0 Å². The SMILES string of the molecule is CN(CC(=O)N1CC=C(c2ccc(Cl)cc2)CC1)c1ncnc2nc[nH]c12. The summed E-state index contributed by atoms with van der Waals surface area (Å²) in [5.74, 6) is 0.732. The van der Waals surface area contributed by atoms with Crippen LogP contribution in [0.3, 0.4) is 0 Å². The van der Waals surface area contributed by atoms with Gasteiger partial charge >= 0.3 is 0 Å². The number of rotatable bonds is 4. The molecule has 0 saturated heterocycles. The molecule has 0 bridgehead atoms. The van der Waals surface area contributed by atoms with Crippen LogP contribution in [0.4, 0.5) is 5.82 Å². The lowest BCUT2D eigenvalue weighted by Gasteiger charge is -2.29. The minimum absolute atomic E-state index is 0.0650. The third-order valence-electron chi connectivity index (χ3n) is 4.71. The molecule has 1 aliphatic heterocycles. The number of nitrogens with zero attached hydrogens (tertiary/aromatic N) is 5. The molecular formula is C19H19ClN6O. The Morgan fingerprint density at radius 1 is 1.26 bits per heavy atom. The molecule has 1 aromatic carbocycles. The van der Waals surface area contributed by atoms with Crippen LogP contribution in [-0.4, -0.2) is 57.4 Å². The van der Waals surface area contributed by atoms with Crippen molar-refractivity contribution in [3.63, 3.8) is 0 Å². The average molecular weight is 383 g/mol. The van der Waals surface area contributed by atoms with Gasteiger partial charge in [-0.25, -0.2) is 15.0 Å². The van der Waals surface area contributed by atoms with Crippen LogP contribution >= 0.6 is 11.6 Å². The molecule has 0 saturated carbocycles. The van der Waals surface area contributed by atoms with Gasteiger partial charge in [-0.2, -0.15) is 0 Å². The van der Waals surface area contributed by atoms with Crippen molar-refractivity contribution < 1.29 is 4.79 Å². The first-order valence-corrected chi connectivity index (χ1v) is 9.07. The largest absolute Gasteiger partial charge is 0.348 e. The van der Waals surface area contributed by atoms with E-state index in [0.717, 1.165) is 22.5 Å². The highest BCUT2D eigenvalue weighted by Gasteiger charge is 2.21. The molecule has 7 nitrogen and oxygen atoms in total. The Kier molecular flexibility index (Phi) is 4.77. The zero-order valence-corrected chi connectivity index (χ0v) is 15.6. The molecule has 0 radical (unpaired) electrons. The van der Waals surface area contributed by atoms with E-state index >= 15 is 0 Å². The van der Waals surface area contributed by atoms with Crippen LogP contribution in [-0.2, 0) is 4.79 Å². The molecule has 1 N–H and O–H groups in total. The molecule has 4 rings (SSSR count). The van der Waals surface area contributed by atoms with Crippen LogP contribution in [0.5, 0.6) is 0 Å². The number of halogens is 1. The fourth-order valence-corrected chi connectivity index (χ4v) is 3.37. The standard InChI is InChI=1S/C19H19ClN6O/c1-25(19-17-18(22-11-21-17)23-12-24-19)10-16(27)26-8-6-14(7-9-26)13-2-4-15(20)5-3-13/h2-6,11-12H,7-10H2,1H3,(H,21,22,23,24). The van der Waals surface area contributed by atoms with Crippen LogP contribution < -0.4 is 4.90 Å². The van der Waals surface area contributed by atoms with E-state index in [1.807, 2.05) is 41.1 Å². The lowest BCUT2D eigenvalue weighted by atomic mass is 9.99. The van der Waals surface area contributed by atoms with E-state index in [1.165, 1.54) is 11.9 Å². The maximum atomic E-state index is 12.7. The van der Waals surface area contributed by atoms with Gasteiger partial charge in [0, 0.05) is 25.2 Å². The number of hydrogen-bond acceptors (Lipinski definition) is 5. The van der Waals surface area contributed by atoms with Crippen molar-refractivity contribution in [2.75, 3.05) is 31.6 Å². The van der Waals surface area contributed by atoms with Crippen molar-refractivity contribution in [2.24, 2.45) is 0 Å². The fourth-order valence-electron chi connectivity index (χ4n) is 3.24. The van der Waals surface area contributed by atoms with Crippen molar-refractivity contribution in [3.8, 4) is 0 Å². The summed E-state index contributed by atoms with van der Waals surface area (Å²) in [5.41, 5.74) is 3.73. The van der Waals surface area contributed by atoms with Gasteiger partial charge in [0.25, 0.3) is 0 Å². The summed E-state index contributed by atoms with van der Waals surface area (Å²) >= 11 is 5.95. The summed E-state index contributed by atoms with van der Waals surface area (Å²) in [6.07, 6.45) is 5.98. The molecule has 0 unspecified atom stereocenters. The number of nitrogens with one attached hydrogen (secondary N) is 1. The second-order valence-corrected chi connectivity index (χ2v) is 6.92. The van der Waals surface area contributed by atoms with E-state index in [1.54, 1.807) is 6.33 Å². The smallest absolute Gasteiger partial charge is 0.242 e. The lowest BCUT2D eigenvalue weighted by molar-refractivity contribution is -0.129. The van der Waals surface area contributed by atoms with E-state index in [9.17, 15) is 4.79 Å². The first kappa shape index (κ1) is 17.5. The molecule has 0 aliphatic carbocycles. The summed E-state index contributed by atoms with van der Waals surface area (Å²) in [6.45, 7) is 1.55. The second kappa shape index (κ2) is 7.36. The normalized spacial score (nSPS) is 14.3. The fraction of sp³-hybridized carbons (Fsp3) is 0.263. The van der Waals surface area contributed by atoms with Crippen molar-refractivity contribution in [2.45, 2.75) is 6.42 Å². The monoisotopic (exact) mass is 382 g/mol. The maximum absolute atomic E-state index is 12.7. The molecule has 27 heavy (non-hydrogen) atoms. The summed E-state index contributed by atoms with van der Waals surface area (Å²) in [5, 5.41) is 0.728. The topological polar surface area (TPSA) is 78.0 Å². The third kappa shape index (κ3) is 3.64. The van der Waals surface area contributed by atoms with Gasteiger partial charge in [-0.15, -0.1) is 0 Å². The van der Waals surface area contributed by atoms with E-state index in [-0.39, 0.29) is 12.5 Å². The van der Waals surface area contributed by atoms with Gasteiger partial charge in [0.2, 0.25) is 5.91 Å². The molecular weight excluding hydrogens is 364 g/mol. The highest BCUT2D eigenvalue weighted by Crippen LogP contribution is 2.24. The van der Waals surface area contributed by atoms with Gasteiger partial charge in [0.1, 0.15) is 11.8 Å². The molecule has 138 valence electrons. The number of aromatic nitrogens is 4. The van der Waals surface area contributed by atoms with Crippen LogP contribution in [0.25, 0.3) is 16.7 Å². The van der Waals surface area contributed by atoms with Crippen molar-refractivity contribution in [3.05, 3.63) is 53.6 Å². The number of imidazole rings is 1. The number of benzene rings is 1. The van der Waals surface area contributed by atoms with Crippen LogP contribution in [0, 0.1) is 0 Å². The van der Waals surface area contributed by atoms with Gasteiger partial charge in [-0.05, 0) is 29.7 Å². The maximum Gasteiger partial charge on any atom is 0.242 e. The van der Waals surface area contributed by atoms with Crippen molar-refractivity contribution in [1.29, 1.82) is 0 Å². The summed E-state index contributed by atoms with van der Waals surface area (Å²) < 4.78 is 0. The van der Waals surface area contributed by atoms with E-state index in [4.69, 9.17) is 11.6 Å². The minimum Gasteiger partial charge on any atom is -0.348 e. The number of hydrogen-bond donors (Lipinski definition) is 1. The number of carbonyl (C=O) groups is 1. The quantitative estimate of drug-likeness (QED) is 0.750. The number of H-pyrrole nitrogens is 1. The van der Waals surface area contributed by atoms with Crippen LogP contribution in [0.1, 0.15) is 12.0 Å². The van der Waals surface area contributed by atoms with Gasteiger partial charge in [0.05, 0.1) is 12.9 Å². The Morgan fingerprint density at radius 3 is 2.81 bits per heavy atom. The van der Waals surface area contributed by atoms with Crippen LogP contribution in [0.15, 0.2) is 43.0 Å². The summed E-state index contributed by atoms with van der Waals surface area (Å²) in [6, 6.07) is 7.82. The Bertz CT molecular complexity index is 997. The molecule has 0 atom stereocenters. The predicted octanol–water partition coefficient (Wildman–Crippen LogP) is 2.76. The Labute approximate surface area is 161 Å². The third-order valence-corrected chi connectivity index (χ3v) is 4.97. The number of aromatic amines is 1. The summed E-state index contributed by atoms with van der Waals surface area (Å²) in [7, 11) is 1.85. The van der Waals surface area contributed by atoms with Gasteiger partial charge in [-0.3, -0.25) is 4.79 Å². The molecule has 0 spiro atoms. The number of amides is 1. The molecule has 3 heterocycles. The first-order valence-electron chi connectivity index (χ1n) is 8.70. The zero-order valence-electron chi connectivity index (χ0n) is 14.9. The number of carbonyl (C=O) groups excluding carboxylic acids is 1. The van der Waals surface area contributed by atoms with Crippen molar-refractivity contribution in [1.82, 2.24) is 24.8 Å². The molecule has 1 amide bonds. The number of anilines is 1. The molecule has 8 heteroatoms. The lowest BCUT2D eigenvalue weighted by Crippen LogP contribution is -2.41. The molecule has 0 fully saturated rings. The Morgan fingerprint density at radius 2 is 2.07 bits per heavy atom. The Balaban J connectivity index is 1.42. The first-order chi connectivity index (χ1) is 13.1. The molecule has 3 aromatic rings. The minimum atomic E-state index is 0.0650. The average Bonchev–Trinajstić information content (AvgIpc) is 3.17. The number of likely N-dealkylation sites (N-methyl/N-ethyl adjacent to an activating group) is 1. The van der Waals surface area contributed by atoms with Gasteiger partial charge in [-0.1, -0.05) is 29.8 Å². The van der Waals surface area contributed by atoms with E-state index < -0.39 is 0 Å². The number of fused-ring (bicyclic) bond motifs is 1. The molecule has 2 aromatic heterocycles. The van der Waals surface area contributed by atoms with Crippen LogP contribution in [0.2, 0.25) is 5.02 Å². The Hall–Kier alpha value is -2.93. The predicted molar refractivity (Wildman–Crippen MR) is 106 cm³/mol. The van der Waals surface area contributed by atoms with Gasteiger partial charge < -0.3 is 14.8 Å².